The maximum Gasteiger partial charge on any atom is 0.319 e. The molecule has 3 rings (SSSR count). The molecule has 0 fully saturated rings. The molecule has 1 aliphatic rings. The van der Waals surface area contributed by atoms with Crippen molar-refractivity contribution >= 4 is 23.6 Å². The molecule has 2 aromatic rings. The zero-order valence-corrected chi connectivity index (χ0v) is 18.9. The van der Waals surface area contributed by atoms with Crippen molar-refractivity contribution in [2.45, 2.75) is 45.8 Å². The van der Waals surface area contributed by atoms with E-state index >= 15 is 0 Å². The molecular formula is C24H27FN6O2. The van der Waals surface area contributed by atoms with E-state index in [1.807, 2.05) is 19.9 Å². The van der Waals surface area contributed by atoms with Gasteiger partial charge in [0, 0.05) is 17.8 Å². The Morgan fingerprint density at radius 2 is 1.97 bits per heavy atom. The average molecular weight is 451 g/mol. The van der Waals surface area contributed by atoms with Crippen LogP contribution in [-0.2, 0) is 17.9 Å². The fourth-order valence-electron chi connectivity index (χ4n) is 3.82. The fraction of sp³-hybridized carbons (Fsp3) is 0.333. The van der Waals surface area contributed by atoms with Gasteiger partial charge in [0.15, 0.2) is 5.96 Å². The lowest BCUT2D eigenvalue weighted by atomic mass is 9.91. The van der Waals surface area contributed by atoms with Gasteiger partial charge in [0.1, 0.15) is 11.4 Å². The lowest BCUT2D eigenvalue weighted by molar-refractivity contribution is -0.131. The number of anilines is 1. The number of aliphatic imine (C=N–C) groups is 1. The first-order valence-electron chi connectivity index (χ1n) is 10.6. The molecule has 4 N–H and O–H groups in total. The van der Waals surface area contributed by atoms with Gasteiger partial charge in [0.25, 0.3) is 5.91 Å². The second-order valence-electron chi connectivity index (χ2n) is 8.66. The molecule has 9 heteroatoms. The average Bonchev–Trinajstić information content (AvgIpc) is 2.96. The summed E-state index contributed by atoms with van der Waals surface area (Å²) in [6, 6.07) is 12.5. The van der Waals surface area contributed by atoms with Crippen LogP contribution in [0.15, 0.2) is 47.5 Å². The number of nitriles is 1. The number of carbonyl (C=O) groups is 2. The second kappa shape index (κ2) is 9.69. The van der Waals surface area contributed by atoms with Crippen molar-refractivity contribution in [2.24, 2.45) is 16.6 Å². The predicted octanol–water partition coefficient (Wildman–Crippen LogP) is 3.48. The van der Waals surface area contributed by atoms with E-state index in [9.17, 15) is 14.0 Å². The molecule has 8 nitrogen and oxygen atoms in total. The summed E-state index contributed by atoms with van der Waals surface area (Å²) in [5, 5.41) is 14.1. The van der Waals surface area contributed by atoms with Crippen LogP contribution in [0.5, 0.6) is 0 Å². The van der Waals surface area contributed by atoms with Crippen LogP contribution in [0.3, 0.4) is 0 Å². The topological polar surface area (TPSA) is 124 Å². The Kier molecular flexibility index (Phi) is 6.97. The quantitative estimate of drug-likeness (QED) is 0.597. The minimum Gasteiger partial charge on any atom is -0.369 e. The molecule has 0 bridgehead atoms. The van der Waals surface area contributed by atoms with Gasteiger partial charge in [0.2, 0.25) is 0 Å². The van der Waals surface area contributed by atoms with Gasteiger partial charge in [-0.2, -0.15) is 5.26 Å². The summed E-state index contributed by atoms with van der Waals surface area (Å²) in [4.78, 5) is 30.6. The van der Waals surface area contributed by atoms with Crippen LogP contribution in [0.25, 0.3) is 0 Å². The fourth-order valence-corrected chi connectivity index (χ4v) is 3.82. The number of urea groups is 1. The maximum atomic E-state index is 14.7. The van der Waals surface area contributed by atoms with Crippen molar-refractivity contribution < 1.29 is 14.0 Å². The Balaban J connectivity index is 1.59. The van der Waals surface area contributed by atoms with Gasteiger partial charge in [0.05, 0.1) is 18.2 Å². The first-order valence-corrected chi connectivity index (χ1v) is 10.6. The van der Waals surface area contributed by atoms with E-state index in [1.165, 1.54) is 11.0 Å². The van der Waals surface area contributed by atoms with E-state index in [0.29, 0.717) is 28.8 Å². The SMILES string of the molecule is CC(C)CC1(C)N=C(N)N(Cc2ccc(CNC(=O)Nc3ccc(C#N)cc3)cc2F)C1=O. The molecule has 0 saturated heterocycles. The molecule has 0 aromatic heterocycles. The largest absolute Gasteiger partial charge is 0.369 e. The number of amides is 3. The number of hydrogen-bond donors (Lipinski definition) is 3. The summed E-state index contributed by atoms with van der Waals surface area (Å²) >= 11 is 0. The van der Waals surface area contributed by atoms with E-state index in [-0.39, 0.29) is 30.9 Å². The normalized spacial score (nSPS) is 17.6. The Labute approximate surface area is 192 Å². The molecular weight excluding hydrogens is 423 g/mol. The van der Waals surface area contributed by atoms with Gasteiger partial charge in [-0.15, -0.1) is 0 Å². The Morgan fingerprint density at radius 3 is 2.58 bits per heavy atom. The molecule has 0 spiro atoms. The van der Waals surface area contributed by atoms with E-state index in [1.54, 1.807) is 43.3 Å². The van der Waals surface area contributed by atoms with E-state index < -0.39 is 17.4 Å². The van der Waals surface area contributed by atoms with Crippen LogP contribution in [0, 0.1) is 23.1 Å². The van der Waals surface area contributed by atoms with E-state index in [0.717, 1.165) is 0 Å². The highest BCUT2D eigenvalue weighted by molar-refractivity contribution is 6.06. The van der Waals surface area contributed by atoms with Crippen LogP contribution in [0.4, 0.5) is 14.9 Å². The number of benzene rings is 2. The Bertz CT molecular complexity index is 1120. The van der Waals surface area contributed by atoms with Crippen molar-refractivity contribution in [1.82, 2.24) is 10.2 Å². The minimum atomic E-state index is -0.930. The van der Waals surface area contributed by atoms with Gasteiger partial charge in [-0.25, -0.2) is 14.2 Å². The summed E-state index contributed by atoms with van der Waals surface area (Å²) in [5.74, 6) is -0.390. The molecule has 172 valence electrons. The van der Waals surface area contributed by atoms with Crippen molar-refractivity contribution in [3.8, 4) is 6.07 Å². The second-order valence-corrected chi connectivity index (χ2v) is 8.66. The van der Waals surface area contributed by atoms with Crippen molar-refractivity contribution in [3.05, 3.63) is 65.0 Å². The molecule has 2 aromatic carbocycles. The van der Waals surface area contributed by atoms with Crippen LogP contribution in [0.1, 0.15) is 43.9 Å². The molecule has 0 aliphatic carbocycles. The van der Waals surface area contributed by atoms with Gasteiger partial charge in [-0.3, -0.25) is 9.69 Å². The Morgan fingerprint density at radius 1 is 1.27 bits per heavy atom. The molecule has 1 aliphatic heterocycles. The number of guanidine groups is 1. The number of nitrogens with one attached hydrogen (secondary N) is 2. The first kappa shape index (κ1) is 23.7. The third-order valence-corrected chi connectivity index (χ3v) is 5.32. The smallest absolute Gasteiger partial charge is 0.319 e. The number of rotatable bonds is 7. The maximum absolute atomic E-state index is 14.7. The lowest BCUT2D eigenvalue weighted by Gasteiger charge is -2.23. The zero-order valence-electron chi connectivity index (χ0n) is 18.9. The number of carbonyl (C=O) groups excluding carboxylic acids is 2. The standard InChI is InChI=1S/C24H27FN6O2/c1-15(2)11-24(3)21(32)31(22(27)30-24)14-18-7-4-17(10-20(18)25)13-28-23(33)29-19-8-5-16(12-26)6-9-19/h4-10,15H,11,13-14H2,1-3H3,(H2,27,30)(H2,28,29,33). The van der Waals surface area contributed by atoms with Crippen LogP contribution in [-0.4, -0.2) is 28.3 Å². The number of nitrogens with zero attached hydrogens (tertiary/aromatic N) is 3. The van der Waals surface area contributed by atoms with Gasteiger partial charge < -0.3 is 16.4 Å². The molecule has 1 atom stereocenters. The van der Waals surface area contributed by atoms with Crippen LogP contribution >= 0.6 is 0 Å². The summed E-state index contributed by atoms with van der Waals surface area (Å²) in [5.41, 5.74) is 6.93. The highest BCUT2D eigenvalue weighted by Gasteiger charge is 2.44. The third-order valence-electron chi connectivity index (χ3n) is 5.32. The van der Waals surface area contributed by atoms with Crippen LogP contribution < -0.4 is 16.4 Å². The minimum absolute atomic E-state index is 0.0133. The van der Waals surface area contributed by atoms with E-state index in [2.05, 4.69) is 15.6 Å². The Hall–Kier alpha value is -3.93. The monoisotopic (exact) mass is 450 g/mol. The van der Waals surface area contributed by atoms with Gasteiger partial charge >= 0.3 is 6.03 Å². The number of hydrogen-bond acceptors (Lipinski definition) is 5. The highest BCUT2D eigenvalue weighted by atomic mass is 19.1. The molecule has 3 amide bonds. The zero-order chi connectivity index (χ0) is 24.2. The van der Waals surface area contributed by atoms with Crippen molar-refractivity contribution in [2.75, 3.05) is 5.32 Å². The molecule has 1 heterocycles. The lowest BCUT2D eigenvalue weighted by Crippen LogP contribution is -2.43. The first-order chi connectivity index (χ1) is 15.6. The third kappa shape index (κ3) is 5.66. The van der Waals surface area contributed by atoms with E-state index in [4.69, 9.17) is 11.0 Å². The highest BCUT2D eigenvalue weighted by Crippen LogP contribution is 2.29. The van der Waals surface area contributed by atoms with Gasteiger partial charge in [-0.05, 0) is 55.2 Å². The molecule has 1 unspecified atom stereocenters. The summed E-state index contributed by atoms with van der Waals surface area (Å²) in [6.45, 7) is 5.85. The molecule has 0 radical (unpaired) electrons. The van der Waals surface area contributed by atoms with Gasteiger partial charge in [-0.1, -0.05) is 26.0 Å². The number of halogens is 1. The van der Waals surface area contributed by atoms with Crippen molar-refractivity contribution in [1.29, 1.82) is 5.26 Å². The molecule has 33 heavy (non-hydrogen) atoms. The summed E-state index contributed by atoms with van der Waals surface area (Å²) < 4.78 is 14.7. The summed E-state index contributed by atoms with van der Waals surface area (Å²) in [6.07, 6.45) is 0.556. The van der Waals surface area contributed by atoms with Crippen LogP contribution in [0.2, 0.25) is 0 Å². The summed E-state index contributed by atoms with van der Waals surface area (Å²) in [7, 11) is 0. The molecule has 0 saturated carbocycles. The number of nitrogens with two attached hydrogens (primary N) is 1. The van der Waals surface area contributed by atoms with Crippen molar-refractivity contribution in [3.63, 3.8) is 0 Å². The predicted molar refractivity (Wildman–Crippen MR) is 123 cm³/mol.